The monoisotopic (exact) mass is 845 g/mol. The van der Waals surface area contributed by atoms with E-state index in [0.29, 0.717) is 36.1 Å². The number of hydrogen-bond donors (Lipinski definition) is 1. The van der Waals surface area contributed by atoms with Crippen molar-refractivity contribution in [2.75, 3.05) is 47.5 Å². The second-order valence-electron chi connectivity index (χ2n) is 15.7. The molecule has 1 aliphatic heterocycles. The van der Waals surface area contributed by atoms with Crippen molar-refractivity contribution in [2.45, 2.75) is 148 Å². The SMILES string of the molecule is CC/C=C\CC1OC1C/C=C\C/C=C\C/C=C\C/C=C\CCC(=O)O[C@H](COC(=O)CCCC/C=C\C/C=C\C/C=C\CCCCC)COP(=O)(O)OCC[N+](C)(C)C. The van der Waals surface area contributed by atoms with Gasteiger partial charge in [-0.2, -0.15) is 0 Å². The van der Waals surface area contributed by atoms with Crippen LogP contribution in [0.5, 0.6) is 0 Å². The topological polar surface area (TPSA) is 121 Å². The minimum Gasteiger partial charge on any atom is -0.462 e. The number of carbonyl (C=O) groups excluding carboxylic acids is 2. The predicted molar refractivity (Wildman–Crippen MR) is 242 cm³/mol. The molecule has 0 radical (unpaired) electrons. The fourth-order valence-electron chi connectivity index (χ4n) is 5.44. The second kappa shape index (κ2) is 35.6. The quantitative estimate of drug-likeness (QED) is 0.0163. The molecule has 0 saturated carbocycles. The molecule has 1 rings (SSSR count). The van der Waals surface area contributed by atoms with Crippen LogP contribution in [0.2, 0.25) is 0 Å². The minimum atomic E-state index is -4.41. The second-order valence-corrected chi connectivity index (χ2v) is 17.2. The molecule has 334 valence electrons. The summed E-state index contributed by atoms with van der Waals surface area (Å²) in [6.07, 6.45) is 49.4. The van der Waals surface area contributed by atoms with Gasteiger partial charge in [-0.25, -0.2) is 4.57 Å². The molecule has 0 spiro atoms. The number of rotatable bonds is 37. The molecule has 0 aliphatic carbocycles. The van der Waals surface area contributed by atoms with Crippen LogP contribution in [0.1, 0.15) is 129 Å². The average Bonchev–Trinajstić information content (AvgIpc) is 3.94. The zero-order chi connectivity index (χ0) is 43.3. The van der Waals surface area contributed by atoms with Crippen LogP contribution in [0.4, 0.5) is 0 Å². The summed E-state index contributed by atoms with van der Waals surface area (Å²) in [6, 6.07) is 0. The highest BCUT2D eigenvalue weighted by molar-refractivity contribution is 7.47. The van der Waals surface area contributed by atoms with Gasteiger partial charge in [-0.05, 0) is 89.9 Å². The number of allylic oxidation sites excluding steroid dienone is 14. The van der Waals surface area contributed by atoms with Crippen LogP contribution in [-0.2, 0) is 37.4 Å². The van der Waals surface area contributed by atoms with Gasteiger partial charge < -0.3 is 23.6 Å². The third kappa shape index (κ3) is 36.5. The van der Waals surface area contributed by atoms with Crippen molar-refractivity contribution in [3.63, 3.8) is 0 Å². The van der Waals surface area contributed by atoms with Gasteiger partial charge in [0.25, 0.3) is 0 Å². The fourth-order valence-corrected chi connectivity index (χ4v) is 6.18. The zero-order valence-electron chi connectivity index (χ0n) is 37.1. The first-order valence-electron chi connectivity index (χ1n) is 22.1. The van der Waals surface area contributed by atoms with Crippen molar-refractivity contribution in [1.82, 2.24) is 0 Å². The molecule has 1 heterocycles. The van der Waals surface area contributed by atoms with Crippen molar-refractivity contribution < 1.29 is 46.8 Å². The highest BCUT2D eigenvalue weighted by atomic mass is 31.2. The van der Waals surface area contributed by atoms with E-state index >= 15 is 0 Å². The lowest BCUT2D eigenvalue weighted by molar-refractivity contribution is -0.870. The number of nitrogens with zero attached hydrogens (tertiary/aromatic N) is 1. The Hall–Kier alpha value is -3.11. The molecule has 10 nitrogen and oxygen atoms in total. The molecule has 1 fully saturated rings. The number of unbranched alkanes of at least 4 members (excludes halogenated alkanes) is 5. The van der Waals surface area contributed by atoms with E-state index in [4.69, 9.17) is 23.3 Å². The van der Waals surface area contributed by atoms with Gasteiger partial charge in [-0.1, -0.05) is 124 Å². The largest absolute Gasteiger partial charge is 0.472 e. The van der Waals surface area contributed by atoms with Crippen LogP contribution >= 0.6 is 7.82 Å². The van der Waals surface area contributed by atoms with E-state index < -0.39 is 32.5 Å². The highest BCUT2D eigenvalue weighted by Gasteiger charge is 2.36. The number of likely N-dealkylation sites (N-methyl/N-ethyl adjacent to an activating group) is 1. The lowest BCUT2D eigenvalue weighted by Crippen LogP contribution is -2.37. The number of esters is 2. The Labute approximate surface area is 358 Å². The molecule has 1 aliphatic rings. The number of quaternary nitrogens is 1. The summed E-state index contributed by atoms with van der Waals surface area (Å²) in [5.74, 6) is -0.957. The van der Waals surface area contributed by atoms with Crippen LogP contribution < -0.4 is 0 Å². The summed E-state index contributed by atoms with van der Waals surface area (Å²) >= 11 is 0. The van der Waals surface area contributed by atoms with E-state index in [0.717, 1.165) is 70.6 Å². The van der Waals surface area contributed by atoms with Crippen molar-refractivity contribution in [3.8, 4) is 0 Å². The van der Waals surface area contributed by atoms with Gasteiger partial charge in [0.2, 0.25) is 0 Å². The van der Waals surface area contributed by atoms with E-state index in [1.807, 2.05) is 33.3 Å². The molecule has 0 aromatic carbocycles. The number of ether oxygens (including phenoxy) is 3. The van der Waals surface area contributed by atoms with E-state index in [-0.39, 0.29) is 26.1 Å². The maximum atomic E-state index is 12.7. The standard InChI is InChI=1S/C48H78NO9P/c1-6-8-10-11-12-13-14-15-16-17-21-24-27-30-34-38-47(50)54-42-44(43-56-59(52,53)55-41-40-49(3,4)5)57-48(51)39-35-31-28-25-22-19-18-20-23-26-29-33-37-46-45(58-46)36-32-9-7-2/h9,12-13,15-16,19-24,28-29,31-33,44-46H,6-8,10-11,14,17-18,25-27,30,34-43H2,1-5H3/p+1/b13-12-,16-15-,22-19-,23-20-,24-21-,31-28-,32-9-,33-29-/t44-,45?,46?/m1/s1. The normalized spacial score (nSPS) is 17.9. The third-order valence-electron chi connectivity index (χ3n) is 9.01. The van der Waals surface area contributed by atoms with Crippen LogP contribution in [0.3, 0.4) is 0 Å². The lowest BCUT2D eigenvalue weighted by atomic mass is 10.1. The van der Waals surface area contributed by atoms with Gasteiger partial charge in [-0.15, -0.1) is 0 Å². The average molecular weight is 845 g/mol. The molecule has 0 bridgehead atoms. The van der Waals surface area contributed by atoms with Gasteiger partial charge in [0.1, 0.15) is 19.8 Å². The van der Waals surface area contributed by atoms with Crippen molar-refractivity contribution >= 4 is 19.8 Å². The first-order chi connectivity index (χ1) is 28.5. The molecular weight excluding hydrogens is 766 g/mol. The Balaban J connectivity index is 2.37. The molecule has 59 heavy (non-hydrogen) atoms. The van der Waals surface area contributed by atoms with Crippen LogP contribution in [-0.4, -0.2) is 87.1 Å². The summed E-state index contributed by atoms with van der Waals surface area (Å²) in [5, 5.41) is 0. The van der Waals surface area contributed by atoms with Crippen molar-refractivity contribution in [1.29, 1.82) is 0 Å². The molecule has 4 atom stereocenters. The molecule has 1 saturated heterocycles. The first-order valence-corrected chi connectivity index (χ1v) is 23.6. The highest BCUT2D eigenvalue weighted by Crippen LogP contribution is 2.43. The Morgan fingerprint density at radius 2 is 1.14 bits per heavy atom. The molecular formula is C48H79NO9P+. The van der Waals surface area contributed by atoms with Gasteiger partial charge in [0, 0.05) is 12.8 Å². The van der Waals surface area contributed by atoms with Crippen LogP contribution in [0.15, 0.2) is 97.2 Å². The number of epoxide rings is 1. The van der Waals surface area contributed by atoms with Gasteiger partial charge in [-0.3, -0.25) is 18.6 Å². The first kappa shape index (κ1) is 53.9. The van der Waals surface area contributed by atoms with Crippen LogP contribution in [0.25, 0.3) is 0 Å². The number of phosphoric ester groups is 1. The summed E-state index contributed by atoms with van der Waals surface area (Å²) in [6.45, 7) is 4.10. The number of carbonyl (C=O) groups is 2. The number of hydrogen-bond acceptors (Lipinski definition) is 8. The van der Waals surface area contributed by atoms with E-state index in [1.54, 1.807) is 0 Å². The maximum Gasteiger partial charge on any atom is 0.472 e. The lowest BCUT2D eigenvalue weighted by Gasteiger charge is -2.24. The summed E-state index contributed by atoms with van der Waals surface area (Å²) in [5.41, 5.74) is 0. The Bertz CT molecular complexity index is 1390. The molecule has 3 unspecified atom stereocenters. The van der Waals surface area contributed by atoms with Crippen LogP contribution in [0, 0.1) is 0 Å². The third-order valence-corrected chi connectivity index (χ3v) is 10.00. The van der Waals surface area contributed by atoms with Crippen molar-refractivity contribution in [3.05, 3.63) is 97.2 Å². The smallest absolute Gasteiger partial charge is 0.462 e. The fraction of sp³-hybridized carbons (Fsp3) is 0.625. The van der Waals surface area contributed by atoms with Crippen molar-refractivity contribution in [2.24, 2.45) is 0 Å². The van der Waals surface area contributed by atoms with Gasteiger partial charge in [0.05, 0.1) is 40.0 Å². The summed E-state index contributed by atoms with van der Waals surface area (Å²) in [7, 11) is 1.38. The number of phosphoric acid groups is 1. The summed E-state index contributed by atoms with van der Waals surface area (Å²) < 4.78 is 39.8. The van der Waals surface area contributed by atoms with E-state index in [9.17, 15) is 19.0 Å². The van der Waals surface area contributed by atoms with Gasteiger partial charge >= 0.3 is 19.8 Å². The molecule has 1 N–H and O–H groups in total. The molecule has 0 aromatic heterocycles. The maximum absolute atomic E-state index is 12.7. The predicted octanol–water partition coefficient (Wildman–Crippen LogP) is 11.6. The van der Waals surface area contributed by atoms with E-state index in [1.165, 1.54) is 19.3 Å². The molecule has 0 aromatic rings. The Morgan fingerprint density at radius 1 is 0.627 bits per heavy atom. The zero-order valence-corrected chi connectivity index (χ0v) is 38.0. The van der Waals surface area contributed by atoms with E-state index in [2.05, 4.69) is 98.9 Å². The Morgan fingerprint density at radius 3 is 1.68 bits per heavy atom. The molecule has 11 heteroatoms. The Kier molecular flexibility index (Phi) is 32.6. The summed E-state index contributed by atoms with van der Waals surface area (Å²) in [4.78, 5) is 35.3. The molecule has 0 amide bonds. The minimum absolute atomic E-state index is 0.00432. The van der Waals surface area contributed by atoms with Gasteiger partial charge in [0.15, 0.2) is 6.10 Å².